The zero-order valence-electron chi connectivity index (χ0n) is 13.5. The number of carbonyl (C=O) groups is 1. The van der Waals surface area contributed by atoms with Crippen molar-refractivity contribution in [1.29, 1.82) is 0 Å². The molecule has 1 saturated heterocycles. The van der Waals surface area contributed by atoms with Crippen LogP contribution >= 0.6 is 0 Å². The molecule has 1 saturated carbocycles. The highest BCUT2D eigenvalue weighted by Crippen LogP contribution is 2.40. The molecule has 1 aliphatic heterocycles. The third kappa shape index (κ3) is 3.58. The first kappa shape index (κ1) is 16.4. The minimum Gasteiger partial charge on any atom is -0.360 e. The number of sulfonamides is 1. The van der Waals surface area contributed by atoms with Crippen molar-refractivity contribution in [2.75, 3.05) is 12.3 Å². The van der Waals surface area contributed by atoms with Crippen LogP contribution in [0.5, 0.6) is 0 Å². The minimum absolute atomic E-state index is 0.0399. The second-order valence-electron chi connectivity index (χ2n) is 6.44. The first-order chi connectivity index (χ1) is 10.9. The molecule has 2 aliphatic rings. The van der Waals surface area contributed by atoms with Gasteiger partial charge >= 0.3 is 0 Å². The fraction of sp³-hybridized carbons (Fsp3) is 0.733. The summed E-state index contributed by atoms with van der Waals surface area (Å²) in [5, 5.41) is 6.78. The Labute approximate surface area is 136 Å². The second-order valence-corrected chi connectivity index (χ2v) is 8.65. The summed E-state index contributed by atoms with van der Waals surface area (Å²) in [4.78, 5) is 12.2. The monoisotopic (exact) mass is 341 g/mol. The van der Waals surface area contributed by atoms with Crippen LogP contribution in [0.25, 0.3) is 0 Å². The highest BCUT2D eigenvalue weighted by atomic mass is 32.2. The van der Waals surface area contributed by atoms with Gasteiger partial charge in [0.15, 0.2) is 5.69 Å². The molecule has 2 fully saturated rings. The normalized spacial score (nSPS) is 26.2. The first-order valence-corrected chi connectivity index (χ1v) is 9.78. The van der Waals surface area contributed by atoms with E-state index in [4.69, 9.17) is 4.52 Å². The smallest absolute Gasteiger partial charge is 0.273 e. The van der Waals surface area contributed by atoms with E-state index < -0.39 is 10.0 Å². The molecule has 3 rings (SSSR count). The molecule has 128 valence electrons. The molecule has 0 radical (unpaired) electrons. The highest BCUT2D eigenvalue weighted by Gasteiger charge is 2.34. The van der Waals surface area contributed by atoms with Crippen molar-refractivity contribution in [3.8, 4) is 0 Å². The fourth-order valence-electron chi connectivity index (χ4n) is 3.08. The number of nitrogens with zero attached hydrogens (tertiary/aromatic N) is 2. The first-order valence-electron chi connectivity index (χ1n) is 8.17. The van der Waals surface area contributed by atoms with Gasteiger partial charge in [-0.25, -0.2) is 8.42 Å². The number of carbonyl (C=O) groups excluding carboxylic acids is 1. The summed E-state index contributed by atoms with van der Waals surface area (Å²) in [5.74, 6) is 1.07. The summed E-state index contributed by atoms with van der Waals surface area (Å²) in [5.41, 5.74) is 0.308. The van der Waals surface area contributed by atoms with Crippen LogP contribution in [0.3, 0.4) is 0 Å². The van der Waals surface area contributed by atoms with Crippen LogP contribution in [0.4, 0.5) is 0 Å². The van der Waals surface area contributed by atoms with E-state index in [1.165, 1.54) is 4.31 Å². The summed E-state index contributed by atoms with van der Waals surface area (Å²) >= 11 is 0. The van der Waals surface area contributed by atoms with Crippen molar-refractivity contribution in [3.63, 3.8) is 0 Å². The lowest BCUT2D eigenvalue weighted by Crippen LogP contribution is -2.51. The van der Waals surface area contributed by atoms with Gasteiger partial charge in [0.25, 0.3) is 5.91 Å². The third-order valence-electron chi connectivity index (χ3n) is 4.61. The SMILES string of the molecule is CCS(=O)(=O)N1CC[C@H](NC(=O)c2cc(C3CC3)on2)C[C@@H]1C. The second kappa shape index (κ2) is 6.24. The predicted octanol–water partition coefficient (Wildman–Crippen LogP) is 1.48. The van der Waals surface area contributed by atoms with Crippen LogP contribution in [0.1, 0.15) is 61.7 Å². The van der Waals surface area contributed by atoms with Crippen LogP contribution in [-0.4, -0.2) is 48.2 Å². The zero-order valence-corrected chi connectivity index (χ0v) is 14.3. The highest BCUT2D eigenvalue weighted by molar-refractivity contribution is 7.89. The van der Waals surface area contributed by atoms with E-state index in [-0.39, 0.29) is 23.7 Å². The Morgan fingerprint density at radius 1 is 1.43 bits per heavy atom. The van der Waals surface area contributed by atoms with Crippen LogP contribution < -0.4 is 5.32 Å². The van der Waals surface area contributed by atoms with Gasteiger partial charge in [-0.3, -0.25) is 4.79 Å². The Balaban J connectivity index is 1.57. The summed E-state index contributed by atoms with van der Waals surface area (Å²) in [7, 11) is -3.18. The molecule has 1 amide bonds. The van der Waals surface area contributed by atoms with E-state index in [9.17, 15) is 13.2 Å². The molecule has 0 unspecified atom stereocenters. The van der Waals surface area contributed by atoms with Gasteiger partial charge in [0.05, 0.1) is 5.75 Å². The summed E-state index contributed by atoms with van der Waals surface area (Å²) in [6, 6.07) is 1.56. The van der Waals surface area contributed by atoms with E-state index >= 15 is 0 Å². The molecule has 0 spiro atoms. The van der Waals surface area contributed by atoms with Gasteiger partial charge in [-0.1, -0.05) is 5.16 Å². The van der Waals surface area contributed by atoms with Crippen LogP contribution in [0.15, 0.2) is 10.6 Å². The molecular weight excluding hydrogens is 318 g/mol. The molecule has 1 N–H and O–H groups in total. The molecule has 2 atom stereocenters. The van der Waals surface area contributed by atoms with E-state index in [0.29, 0.717) is 31.0 Å². The Morgan fingerprint density at radius 3 is 2.78 bits per heavy atom. The van der Waals surface area contributed by atoms with Gasteiger partial charge in [-0.05, 0) is 39.5 Å². The number of hydrogen-bond donors (Lipinski definition) is 1. The Hall–Kier alpha value is -1.41. The number of aromatic nitrogens is 1. The zero-order chi connectivity index (χ0) is 16.6. The molecule has 1 aliphatic carbocycles. The Kier molecular flexibility index (Phi) is 4.46. The van der Waals surface area contributed by atoms with Crippen molar-refractivity contribution in [2.45, 2.75) is 57.5 Å². The molecule has 8 heteroatoms. The van der Waals surface area contributed by atoms with E-state index in [1.807, 2.05) is 6.92 Å². The van der Waals surface area contributed by atoms with Crippen molar-refractivity contribution in [1.82, 2.24) is 14.8 Å². The molecule has 23 heavy (non-hydrogen) atoms. The molecule has 2 heterocycles. The minimum atomic E-state index is -3.18. The lowest BCUT2D eigenvalue weighted by Gasteiger charge is -2.36. The maximum Gasteiger partial charge on any atom is 0.273 e. The average Bonchev–Trinajstić information content (AvgIpc) is 3.24. The van der Waals surface area contributed by atoms with Crippen molar-refractivity contribution in [2.24, 2.45) is 0 Å². The maximum atomic E-state index is 12.2. The molecule has 0 aromatic carbocycles. The Bertz CT molecular complexity index is 681. The number of hydrogen-bond acceptors (Lipinski definition) is 5. The van der Waals surface area contributed by atoms with E-state index in [1.54, 1.807) is 13.0 Å². The van der Waals surface area contributed by atoms with E-state index in [0.717, 1.165) is 18.6 Å². The van der Waals surface area contributed by atoms with Gasteiger partial charge in [-0.2, -0.15) is 4.31 Å². The predicted molar refractivity (Wildman–Crippen MR) is 84.6 cm³/mol. The average molecular weight is 341 g/mol. The van der Waals surface area contributed by atoms with E-state index in [2.05, 4.69) is 10.5 Å². The molecular formula is C15H23N3O4S. The lowest BCUT2D eigenvalue weighted by atomic mass is 10.0. The topological polar surface area (TPSA) is 92.5 Å². The summed E-state index contributed by atoms with van der Waals surface area (Å²) in [6.07, 6.45) is 3.41. The van der Waals surface area contributed by atoms with Gasteiger partial charge in [-0.15, -0.1) is 0 Å². The quantitative estimate of drug-likeness (QED) is 0.876. The van der Waals surface area contributed by atoms with Crippen molar-refractivity contribution in [3.05, 3.63) is 17.5 Å². The van der Waals surface area contributed by atoms with Gasteiger partial charge < -0.3 is 9.84 Å². The van der Waals surface area contributed by atoms with Crippen LogP contribution in [-0.2, 0) is 10.0 Å². The number of rotatable bonds is 5. The van der Waals surface area contributed by atoms with Gasteiger partial charge in [0.1, 0.15) is 5.76 Å². The molecule has 0 bridgehead atoms. The van der Waals surface area contributed by atoms with Crippen LogP contribution in [0, 0.1) is 0 Å². The summed E-state index contributed by atoms with van der Waals surface area (Å²) in [6.45, 7) is 3.97. The molecule has 7 nitrogen and oxygen atoms in total. The largest absolute Gasteiger partial charge is 0.360 e. The third-order valence-corrected chi connectivity index (χ3v) is 6.60. The summed E-state index contributed by atoms with van der Waals surface area (Å²) < 4.78 is 30.7. The van der Waals surface area contributed by atoms with Crippen LogP contribution in [0.2, 0.25) is 0 Å². The molecule has 1 aromatic heterocycles. The standard InChI is InChI=1S/C15H23N3O4S/c1-3-23(20,21)18-7-6-12(8-10(18)2)16-15(19)13-9-14(22-17-13)11-4-5-11/h9-12H,3-8H2,1-2H3,(H,16,19)/t10-,12-/m0/s1. The maximum absolute atomic E-state index is 12.2. The van der Waals surface area contributed by atoms with Crippen molar-refractivity contribution >= 4 is 15.9 Å². The molecule has 1 aromatic rings. The Morgan fingerprint density at radius 2 is 2.17 bits per heavy atom. The van der Waals surface area contributed by atoms with Gasteiger partial charge in [0.2, 0.25) is 10.0 Å². The van der Waals surface area contributed by atoms with Crippen molar-refractivity contribution < 1.29 is 17.7 Å². The lowest BCUT2D eigenvalue weighted by molar-refractivity contribution is 0.0905. The van der Waals surface area contributed by atoms with Gasteiger partial charge in [0, 0.05) is 30.6 Å². The number of nitrogens with one attached hydrogen (secondary N) is 1. The number of piperidine rings is 1. The number of amides is 1. The fourth-order valence-corrected chi connectivity index (χ4v) is 4.43.